The van der Waals surface area contributed by atoms with Gasteiger partial charge in [-0.3, -0.25) is 24.9 Å². The van der Waals surface area contributed by atoms with Crippen LogP contribution in [0.3, 0.4) is 0 Å². The molecule has 5 rings (SSSR count). The van der Waals surface area contributed by atoms with E-state index in [2.05, 4.69) is 15.6 Å². The van der Waals surface area contributed by atoms with Crippen molar-refractivity contribution < 1.29 is 50.6 Å². The number of aliphatic carboxylic acids is 1. The Morgan fingerprint density at radius 2 is 1.75 bits per heavy atom. The lowest BCUT2D eigenvalue weighted by Gasteiger charge is -2.45. The number of amides is 2. The Morgan fingerprint density at radius 1 is 1.12 bits per heavy atom. The van der Waals surface area contributed by atoms with Crippen LogP contribution in [-0.4, -0.2) is 62.7 Å². The highest BCUT2D eigenvalue weighted by Gasteiger charge is 2.67. The number of halogens is 6. The van der Waals surface area contributed by atoms with Crippen LogP contribution in [0.2, 0.25) is 0 Å². The van der Waals surface area contributed by atoms with Crippen molar-refractivity contribution in [3.63, 3.8) is 0 Å². The smallest absolute Gasteiger partial charge is 0.480 e. The molecular formula is C32H37F6N5O5. The Balaban J connectivity index is 0.000000671. The van der Waals surface area contributed by atoms with Gasteiger partial charge in [-0.25, -0.2) is 4.79 Å². The number of ether oxygens (including phenoxy) is 1. The van der Waals surface area contributed by atoms with Gasteiger partial charge in [0, 0.05) is 41.8 Å². The molecule has 48 heavy (non-hydrogen) atoms. The summed E-state index contributed by atoms with van der Waals surface area (Å²) in [4.78, 5) is 42.1. The molecule has 5 atom stereocenters. The summed E-state index contributed by atoms with van der Waals surface area (Å²) in [5.41, 5.74) is 0.0667. The molecule has 3 aliphatic rings. The number of carboxylic acid groups (broad SMARTS) is 1. The van der Waals surface area contributed by atoms with Crippen molar-refractivity contribution in [2.24, 2.45) is 17.3 Å². The van der Waals surface area contributed by atoms with Crippen LogP contribution in [0, 0.1) is 22.7 Å². The molecule has 2 fully saturated rings. The number of aromatic nitrogens is 1. The van der Waals surface area contributed by atoms with E-state index >= 15 is 0 Å². The monoisotopic (exact) mass is 685 g/mol. The predicted octanol–water partition coefficient (Wildman–Crippen LogP) is 5.91. The minimum atomic E-state index is -5.08. The molecular weight excluding hydrogens is 648 g/mol. The molecule has 0 spiro atoms. The molecule has 1 aliphatic carbocycles. The highest BCUT2D eigenvalue weighted by Crippen LogP contribution is 2.65. The molecule has 3 heterocycles. The first-order valence-corrected chi connectivity index (χ1v) is 15.3. The number of carbonyl (C=O) groups is 3. The molecule has 1 saturated heterocycles. The van der Waals surface area contributed by atoms with E-state index in [1.54, 1.807) is 36.7 Å². The van der Waals surface area contributed by atoms with Gasteiger partial charge in [0.1, 0.15) is 5.75 Å². The number of hydrogen-bond donors (Lipinski definition) is 4. The molecule has 2 aliphatic heterocycles. The van der Waals surface area contributed by atoms with E-state index in [1.807, 2.05) is 33.8 Å². The van der Waals surface area contributed by atoms with Crippen LogP contribution in [0.5, 0.6) is 5.75 Å². The van der Waals surface area contributed by atoms with Crippen molar-refractivity contribution in [1.82, 2.24) is 20.5 Å². The fourth-order valence-corrected chi connectivity index (χ4v) is 6.68. The van der Waals surface area contributed by atoms with Gasteiger partial charge in [0.05, 0.1) is 18.5 Å². The summed E-state index contributed by atoms with van der Waals surface area (Å²) >= 11 is 0. The maximum Gasteiger partial charge on any atom is 0.490 e. The molecule has 1 aromatic heterocycles. The van der Waals surface area contributed by atoms with Crippen LogP contribution >= 0.6 is 0 Å². The molecule has 4 N–H and O–H groups in total. The molecule has 16 heteroatoms. The summed E-state index contributed by atoms with van der Waals surface area (Å²) in [6.07, 6.45) is -7.34. The zero-order valence-corrected chi connectivity index (χ0v) is 26.6. The van der Waals surface area contributed by atoms with Crippen molar-refractivity contribution in [3.8, 4) is 5.75 Å². The zero-order chi connectivity index (χ0) is 35.8. The summed E-state index contributed by atoms with van der Waals surface area (Å²) in [7, 11) is 0. The summed E-state index contributed by atoms with van der Waals surface area (Å²) in [5, 5.41) is 22.1. The lowest BCUT2D eigenvalue weighted by atomic mass is 9.85. The number of carboxylic acids is 1. The molecule has 10 nitrogen and oxygen atoms in total. The third-order valence-corrected chi connectivity index (χ3v) is 9.51. The van der Waals surface area contributed by atoms with Gasteiger partial charge in [-0.1, -0.05) is 52.0 Å². The lowest BCUT2D eigenvalue weighted by Crippen LogP contribution is -2.62. The SMILES string of the molecule is CCC1(CC)CC(=O)N(C(c2cccnc2)C2C(C(=O)N[C@H]3C[C@@H](C(F)(F)F)Oc4ccccc43)C2(C)C)C(=N)N1.O=C(O)C(F)(F)F. The number of para-hydroxylation sites is 1. The maximum absolute atomic E-state index is 13.8. The first-order valence-electron chi connectivity index (χ1n) is 15.3. The van der Waals surface area contributed by atoms with Gasteiger partial charge in [0.2, 0.25) is 11.8 Å². The van der Waals surface area contributed by atoms with Gasteiger partial charge in [-0.05, 0) is 36.0 Å². The quantitative estimate of drug-likeness (QED) is 0.265. The van der Waals surface area contributed by atoms with E-state index in [4.69, 9.17) is 20.0 Å². The third-order valence-electron chi connectivity index (χ3n) is 9.51. The summed E-state index contributed by atoms with van der Waals surface area (Å²) < 4.78 is 78.0. The van der Waals surface area contributed by atoms with Crippen LogP contribution in [0.4, 0.5) is 26.3 Å². The number of fused-ring (bicyclic) bond motifs is 1. The Morgan fingerprint density at radius 3 is 2.27 bits per heavy atom. The molecule has 262 valence electrons. The highest BCUT2D eigenvalue weighted by molar-refractivity contribution is 6.00. The van der Waals surface area contributed by atoms with Crippen molar-refractivity contribution in [2.45, 2.75) is 89.5 Å². The highest BCUT2D eigenvalue weighted by atomic mass is 19.4. The van der Waals surface area contributed by atoms with E-state index in [1.165, 1.54) is 11.0 Å². The van der Waals surface area contributed by atoms with Crippen molar-refractivity contribution in [3.05, 3.63) is 59.9 Å². The standard InChI is InChI=1S/C30H36F3N5O3.C2HF3O2/c1-5-29(6-2)15-22(39)38(27(34)37-29)25(17-10-9-13-35-16-17)23-24(28(23,3)4)26(40)36-19-14-21(30(31,32)33)41-20-12-8-7-11-18(19)20;3-2(4,5)1(6)7/h7-13,16,19,21,23-25H,5-6,14-15H2,1-4H3,(H2,34,37)(H,36,40);(H,6,7)/t19-,21-,23?,24?,25?;/m0./s1. The minimum Gasteiger partial charge on any atom is -0.480 e. The van der Waals surface area contributed by atoms with E-state index in [0.29, 0.717) is 24.0 Å². The number of rotatable bonds is 7. The molecule has 1 aromatic carbocycles. The van der Waals surface area contributed by atoms with Gasteiger partial charge < -0.3 is 20.5 Å². The van der Waals surface area contributed by atoms with Crippen molar-refractivity contribution in [1.29, 1.82) is 5.41 Å². The second-order valence-corrected chi connectivity index (χ2v) is 12.7. The van der Waals surface area contributed by atoms with Crippen LogP contribution in [0.15, 0.2) is 48.8 Å². The number of nitrogens with one attached hydrogen (secondary N) is 3. The largest absolute Gasteiger partial charge is 0.490 e. The predicted molar refractivity (Wildman–Crippen MR) is 159 cm³/mol. The lowest BCUT2D eigenvalue weighted by molar-refractivity contribution is -0.201. The third kappa shape index (κ3) is 7.36. The number of carbonyl (C=O) groups excluding carboxylic acids is 2. The molecule has 3 unspecified atom stereocenters. The number of hydrogen-bond acceptors (Lipinski definition) is 6. The molecule has 1 saturated carbocycles. The van der Waals surface area contributed by atoms with Crippen molar-refractivity contribution >= 4 is 23.7 Å². The number of benzene rings is 1. The zero-order valence-electron chi connectivity index (χ0n) is 26.6. The Hall–Kier alpha value is -4.37. The number of nitrogens with zero attached hydrogens (tertiary/aromatic N) is 2. The second kappa shape index (κ2) is 13.3. The van der Waals surface area contributed by atoms with Gasteiger partial charge in [0.25, 0.3) is 0 Å². The van der Waals surface area contributed by atoms with Crippen LogP contribution in [0.25, 0.3) is 0 Å². The average Bonchev–Trinajstić information content (AvgIpc) is 3.59. The molecule has 2 aromatic rings. The normalized spacial score (nSPS) is 24.9. The maximum atomic E-state index is 13.8. The van der Waals surface area contributed by atoms with Gasteiger partial charge in [-0.15, -0.1) is 0 Å². The van der Waals surface area contributed by atoms with E-state index in [-0.39, 0.29) is 24.0 Å². The van der Waals surface area contributed by atoms with Crippen LogP contribution in [0.1, 0.15) is 76.6 Å². The summed E-state index contributed by atoms with van der Waals surface area (Å²) in [6.45, 7) is 7.78. The van der Waals surface area contributed by atoms with Gasteiger partial charge in [-0.2, -0.15) is 26.3 Å². The summed E-state index contributed by atoms with van der Waals surface area (Å²) in [5.74, 6) is -4.30. The number of alkyl halides is 6. The number of guanidine groups is 1. The topological polar surface area (TPSA) is 145 Å². The first kappa shape index (κ1) is 36.5. The van der Waals surface area contributed by atoms with E-state index < -0.39 is 71.6 Å². The van der Waals surface area contributed by atoms with Gasteiger partial charge >= 0.3 is 18.3 Å². The minimum absolute atomic E-state index is 0.0213. The molecule has 0 bridgehead atoms. The van der Waals surface area contributed by atoms with Crippen molar-refractivity contribution in [2.75, 3.05) is 0 Å². The fourth-order valence-electron chi connectivity index (χ4n) is 6.68. The van der Waals surface area contributed by atoms with Crippen LogP contribution in [-0.2, 0) is 14.4 Å². The van der Waals surface area contributed by atoms with E-state index in [9.17, 15) is 35.9 Å². The average molecular weight is 686 g/mol. The molecule has 2 amide bonds. The van der Waals surface area contributed by atoms with E-state index in [0.717, 1.165) is 0 Å². The first-order chi connectivity index (χ1) is 22.3. The Labute approximate surface area is 272 Å². The second-order valence-electron chi connectivity index (χ2n) is 12.7. The van der Waals surface area contributed by atoms with Crippen LogP contribution < -0.4 is 15.4 Å². The Kier molecular flexibility index (Phi) is 10.1. The molecule has 0 radical (unpaired) electrons. The fraction of sp³-hybridized carbons (Fsp3) is 0.531. The summed E-state index contributed by atoms with van der Waals surface area (Å²) in [6, 6.07) is 8.46. The Bertz CT molecular complexity index is 1510. The van der Waals surface area contributed by atoms with Gasteiger partial charge in [0.15, 0.2) is 12.1 Å². The number of pyridine rings is 1.